The topological polar surface area (TPSA) is 76.1 Å². The van der Waals surface area contributed by atoms with Crippen LogP contribution in [0.25, 0.3) is 0 Å². The maximum atomic E-state index is 14.7. The molecule has 1 fully saturated rings. The Balaban J connectivity index is 1.64. The number of cyclic esters (lactones) is 1. The largest absolute Gasteiger partial charge is 0.465 e. The van der Waals surface area contributed by atoms with Gasteiger partial charge in [-0.05, 0) is 47.0 Å². The molecule has 11 heteroatoms. The lowest BCUT2D eigenvalue weighted by Crippen LogP contribution is -2.45. The molecule has 2 heterocycles. The number of aryl methyl sites for hydroxylation is 1. The minimum Gasteiger partial charge on any atom is -0.465 e. The number of esters is 1. The van der Waals surface area contributed by atoms with Crippen LogP contribution in [0.15, 0.2) is 51.4 Å². The van der Waals surface area contributed by atoms with Crippen molar-refractivity contribution in [2.75, 3.05) is 20.3 Å². The molecule has 1 aromatic carbocycles. The number of nitrogens with zero attached hydrogens (tertiary/aromatic N) is 1. The van der Waals surface area contributed by atoms with Crippen molar-refractivity contribution in [2.45, 2.75) is 37.3 Å². The van der Waals surface area contributed by atoms with Gasteiger partial charge in [0.2, 0.25) is 0 Å². The average Bonchev–Trinajstić information content (AvgIpc) is 3.18. The van der Waals surface area contributed by atoms with Crippen LogP contribution in [-0.4, -0.2) is 54.5 Å². The molecule has 1 aliphatic rings. The van der Waals surface area contributed by atoms with Gasteiger partial charge < -0.3 is 19.5 Å². The first-order valence-corrected chi connectivity index (χ1v) is 12.8. The first-order chi connectivity index (χ1) is 16.1. The lowest BCUT2D eigenvalue weighted by atomic mass is 10.0. The zero-order valence-electron chi connectivity index (χ0n) is 18.2. The number of carbonyl (C=O) groups excluding carboxylic acids is 2. The lowest BCUT2D eigenvalue weighted by Gasteiger charge is -2.33. The Morgan fingerprint density at radius 2 is 2.18 bits per heavy atom. The summed E-state index contributed by atoms with van der Waals surface area (Å²) in [6, 6.07) is 6.82. The molecule has 6 nitrogen and oxygen atoms in total. The lowest BCUT2D eigenvalue weighted by molar-refractivity contribution is -0.0930. The van der Waals surface area contributed by atoms with Crippen molar-refractivity contribution < 1.29 is 33.0 Å². The number of rotatable bonds is 9. The minimum atomic E-state index is -3.50. The van der Waals surface area contributed by atoms with Gasteiger partial charge in [-0.1, -0.05) is 40.2 Å². The fourth-order valence-corrected chi connectivity index (χ4v) is 5.74. The van der Waals surface area contributed by atoms with Crippen LogP contribution < -0.4 is 0 Å². The van der Waals surface area contributed by atoms with Gasteiger partial charge in [-0.25, -0.2) is 9.59 Å². The van der Waals surface area contributed by atoms with Gasteiger partial charge in [0.05, 0.1) is 19.8 Å². The van der Waals surface area contributed by atoms with Crippen molar-refractivity contribution >= 4 is 55.3 Å². The maximum absolute atomic E-state index is 14.7. The average molecular weight is 623 g/mol. The summed E-state index contributed by atoms with van der Waals surface area (Å²) >= 11 is 7.90. The van der Waals surface area contributed by atoms with Crippen LogP contribution in [-0.2, 0) is 21.8 Å². The molecule has 34 heavy (non-hydrogen) atoms. The molecule has 2 aromatic rings. The fourth-order valence-electron chi connectivity index (χ4n) is 3.51. The summed E-state index contributed by atoms with van der Waals surface area (Å²) in [6.07, 6.45) is 1.47. The number of amides is 1. The van der Waals surface area contributed by atoms with E-state index in [1.54, 1.807) is 12.1 Å². The Hall–Kier alpha value is -1.82. The number of hydrogen-bond donors (Lipinski definition) is 1. The van der Waals surface area contributed by atoms with E-state index in [2.05, 4.69) is 31.9 Å². The molecule has 0 bridgehead atoms. The number of methoxy groups -OCH3 is 1. The monoisotopic (exact) mass is 621 g/mol. The van der Waals surface area contributed by atoms with E-state index in [0.717, 1.165) is 15.4 Å². The first kappa shape index (κ1) is 26.8. The second-order valence-corrected chi connectivity index (χ2v) is 10.5. The normalized spacial score (nSPS) is 17.6. The first-order valence-electron chi connectivity index (χ1n) is 10.4. The third kappa shape index (κ3) is 6.44. The number of aliphatic hydroxyl groups is 1. The summed E-state index contributed by atoms with van der Waals surface area (Å²) in [5.74, 6) is -3.91. The summed E-state index contributed by atoms with van der Waals surface area (Å²) in [5.41, 5.74) is -0.313. The van der Waals surface area contributed by atoms with Crippen LogP contribution in [0.4, 0.5) is 13.6 Å². The zero-order chi connectivity index (χ0) is 24.9. The van der Waals surface area contributed by atoms with E-state index in [4.69, 9.17) is 9.47 Å². The van der Waals surface area contributed by atoms with Gasteiger partial charge in [0.25, 0.3) is 0 Å². The number of hydrogen-bond acceptors (Lipinski definition) is 6. The molecule has 1 amide bonds. The molecule has 1 N–H and O–H groups in total. The van der Waals surface area contributed by atoms with Gasteiger partial charge in [0.15, 0.2) is 0 Å². The van der Waals surface area contributed by atoms with E-state index in [0.29, 0.717) is 35.2 Å². The van der Waals surface area contributed by atoms with Gasteiger partial charge in [-0.2, -0.15) is 8.78 Å². The molecule has 184 valence electrons. The van der Waals surface area contributed by atoms with E-state index in [-0.39, 0.29) is 12.2 Å². The molecule has 0 radical (unpaired) electrons. The van der Waals surface area contributed by atoms with Gasteiger partial charge in [-0.15, -0.1) is 11.3 Å². The number of halogens is 4. The van der Waals surface area contributed by atoms with Gasteiger partial charge in [0.1, 0.15) is 11.0 Å². The van der Waals surface area contributed by atoms with E-state index in [9.17, 15) is 23.5 Å². The van der Waals surface area contributed by atoms with Crippen LogP contribution in [0.3, 0.4) is 0 Å². The highest BCUT2D eigenvalue weighted by Crippen LogP contribution is 2.34. The summed E-state index contributed by atoms with van der Waals surface area (Å²) < 4.78 is 40.5. The summed E-state index contributed by atoms with van der Waals surface area (Å²) in [4.78, 5) is 26.9. The molecule has 0 saturated carbocycles. The molecule has 1 aliphatic heterocycles. The number of aliphatic hydroxyl groups excluding tert-OH is 1. The predicted octanol–water partition coefficient (Wildman–Crippen LogP) is 5.91. The number of thiophene rings is 1. The third-order valence-corrected chi connectivity index (χ3v) is 7.96. The summed E-state index contributed by atoms with van der Waals surface area (Å²) in [7, 11) is 1.32. The molecular formula is C23H23Br2F2NO5S. The Kier molecular flexibility index (Phi) is 9.25. The quantitative estimate of drug-likeness (QED) is 0.278. The van der Waals surface area contributed by atoms with E-state index < -0.39 is 30.1 Å². The summed E-state index contributed by atoms with van der Waals surface area (Å²) in [6.45, 7) is 0.491. The molecule has 0 spiro atoms. The third-order valence-electron chi connectivity index (χ3n) is 5.32. The molecule has 2 unspecified atom stereocenters. The van der Waals surface area contributed by atoms with Crippen LogP contribution in [0.1, 0.15) is 33.0 Å². The predicted molar refractivity (Wildman–Crippen MR) is 131 cm³/mol. The Bertz CT molecular complexity index is 1060. The number of benzene rings is 1. The molecule has 3 rings (SSSR count). The van der Waals surface area contributed by atoms with Crippen LogP contribution in [0, 0.1) is 0 Å². The van der Waals surface area contributed by atoms with Crippen molar-refractivity contribution in [1.82, 2.24) is 4.90 Å². The molecule has 2 atom stereocenters. The van der Waals surface area contributed by atoms with Crippen molar-refractivity contribution in [3.05, 3.63) is 66.7 Å². The van der Waals surface area contributed by atoms with Crippen molar-refractivity contribution in [2.24, 2.45) is 0 Å². The number of carbonyl (C=O) groups is 2. The highest BCUT2D eigenvalue weighted by molar-refractivity contribution is 9.10. The number of ether oxygens (including phenoxy) is 2. The highest BCUT2D eigenvalue weighted by Gasteiger charge is 2.39. The van der Waals surface area contributed by atoms with Crippen molar-refractivity contribution in [3.8, 4) is 0 Å². The van der Waals surface area contributed by atoms with E-state index >= 15 is 0 Å². The van der Waals surface area contributed by atoms with Crippen LogP contribution >= 0.6 is 43.2 Å². The molecule has 0 aliphatic carbocycles. The molecular weight excluding hydrogens is 600 g/mol. The van der Waals surface area contributed by atoms with Crippen molar-refractivity contribution in [1.29, 1.82) is 0 Å². The molecule has 1 saturated heterocycles. The standard InChI is InChI=1S/C23H23Br2F2NO5S/c1-32-21(30)19-13-17(25)18(34-19)6-3-10-28-16(9-11-33-22(28)31)7-8-20(29)23(26,27)14-4-2-5-15(24)12-14/h2,4-5,7-8,12-13,16,20,29H,3,6,9-11H2,1H3. The summed E-state index contributed by atoms with van der Waals surface area (Å²) in [5, 5.41) is 10.2. The van der Waals surface area contributed by atoms with Crippen LogP contribution in [0.2, 0.25) is 0 Å². The highest BCUT2D eigenvalue weighted by atomic mass is 79.9. The second kappa shape index (κ2) is 11.7. The minimum absolute atomic E-state index is 0.168. The molecule has 1 aromatic heterocycles. The van der Waals surface area contributed by atoms with Gasteiger partial charge >= 0.3 is 18.0 Å². The Morgan fingerprint density at radius 3 is 2.88 bits per heavy atom. The Labute approximate surface area is 216 Å². The second-order valence-electron chi connectivity index (χ2n) is 7.60. The fraction of sp³-hybridized carbons (Fsp3) is 0.391. The smallest absolute Gasteiger partial charge is 0.410 e. The van der Waals surface area contributed by atoms with Gasteiger partial charge in [-0.3, -0.25) is 0 Å². The SMILES string of the molecule is COC(=O)c1cc(Br)c(CCCN2C(=O)OCCC2C=CC(O)C(F)(F)c2cccc(Br)c2)s1. The van der Waals surface area contributed by atoms with E-state index in [1.165, 1.54) is 47.6 Å². The Morgan fingerprint density at radius 1 is 1.41 bits per heavy atom. The van der Waals surface area contributed by atoms with Gasteiger partial charge in [0, 0.05) is 32.4 Å². The number of alkyl halides is 2. The maximum Gasteiger partial charge on any atom is 0.410 e. The van der Waals surface area contributed by atoms with E-state index in [1.807, 2.05) is 0 Å². The van der Waals surface area contributed by atoms with Crippen LogP contribution in [0.5, 0.6) is 0 Å². The zero-order valence-corrected chi connectivity index (χ0v) is 22.2. The van der Waals surface area contributed by atoms with Crippen molar-refractivity contribution in [3.63, 3.8) is 0 Å².